The quantitative estimate of drug-likeness (QED) is 0.308. The fourth-order valence-electron chi connectivity index (χ4n) is 3.90. The Balaban J connectivity index is 1.70. The minimum atomic E-state index is -0.692. The van der Waals surface area contributed by atoms with Gasteiger partial charge in [-0.15, -0.1) is 0 Å². The van der Waals surface area contributed by atoms with Crippen molar-refractivity contribution in [1.29, 1.82) is 0 Å². The van der Waals surface area contributed by atoms with Crippen molar-refractivity contribution < 1.29 is 19.2 Å². The first-order chi connectivity index (χ1) is 15.3. The molecule has 1 aliphatic heterocycles. The van der Waals surface area contributed by atoms with Gasteiger partial charge in [-0.25, -0.2) is 5.01 Å². The van der Waals surface area contributed by atoms with Crippen LogP contribution >= 0.6 is 39.1 Å². The summed E-state index contributed by atoms with van der Waals surface area (Å²) in [5.41, 5.74) is 0.454. The van der Waals surface area contributed by atoms with Gasteiger partial charge in [-0.05, 0) is 43.2 Å². The number of imide groups is 1. The van der Waals surface area contributed by atoms with Crippen LogP contribution in [0.3, 0.4) is 0 Å². The van der Waals surface area contributed by atoms with E-state index >= 15 is 0 Å². The summed E-state index contributed by atoms with van der Waals surface area (Å²) < 4.78 is 0.791. The maximum atomic E-state index is 13.4. The summed E-state index contributed by atoms with van der Waals surface area (Å²) in [6, 6.07) is 10.8. The van der Waals surface area contributed by atoms with Crippen molar-refractivity contribution in [2.24, 2.45) is 11.8 Å². The molecule has 1 fully saturated rings. The Morgan fingerprint density at radius 2 is 1.47 bits per heavy atom. The molecule has 3 amide bonds. The van der Waals surface area contributed by atoms with Gasteiger partial charge in [-0.1, -0.05) is 63.4 Å². The van der Waals surface area contributed by atoms with Crippen LogP contribution in [0.4, 0.5) is 0 Å². The predicted octanol–water partition coefficient (Wildman–Crippen LogP) is 4.95. The van der Waals surface area contributed by atoms with E-state index in [0.717, 1.165) is 14.5 Å². The van der Waals surface area contributed by atoms with Crippen LogP contribution in [0.15, 0.2) is 59.1 Å². The summed E-state index contributed by atoms with van der Waals surface area (Å²) in [7, 11) is 0. The van der Waals surface area contributed by atoms with E-state index < -0.39 is 41.9 Å². The Morgan fingerprint density at radius 1 is 0.906 bits per heavy atom. The molecule has 0 N–H and O–H groups in total. The van der Waals surface area contributed by atoms with E-state index in [-0.39, 0.29) is 15.6 Å². The molecule has 6 nitrogen and oxygen atoms in total. The smallest absolute Gasteiger partial charge is 0.273 e. The van der Waals surface area contributed by atoms with Gasteiger partial charge in [0.15, 0.2) is 5.78 Å². The first-order valence-electron chi connectivity index (χ1n) is 9.86. The normalized spacial score (nSPS) is 19.8. The van der Waals surface area contributed by atoms with Crippen molar-refractivity contribution in [3.63, 3.8) is 0 Å². The average Bonchev–Trinajstić information content (AvgIpc) is 3.04. The zero-order valence-corrected chi connectivity index (χ0v) is 19.7. The third-order valence-electron chi connectivity index (χ3n) is 5.59. The Hall–Kier alpha value is -2.48. The number of ketones is 1. The standard InChI is InChI=1S/C23H17BrCl2N2O4/c24-15-8-5-13(6-9-15)20(29)12-27(21(30)14-7-10-18(25)19(26)11-14)28-22(31)16-3-1-2-4-17(16)23(28)32/h1-2,5-11,16-17H,3-4,12H2/t16-,17+. The summed E-state index contributed by atoms with van der Waals surface area (Å²) in [4.78, 5) is 52.7. The first kappa shape index (κ1) is 22.7. The summed E-state index contributed by atoms with van der Waals surface area (Å²) in [5.74, 6) is -3.16. The number of carbonyl (C=O) groups is 4. The number of hydrogen-bond acceptors (Lipinski definition) is 4. The lowest BCUT2D eigenvalue weighted by atomic mass is 9.85. The molecule has 1 heterocycles. The van der Waals surface area contributed by atoms with Gasteiger partial charge >= 0.3 is 0 Å². The number of benzene rings is 2. The highest BCUT2D eigenvalue weighted by molar-refractivity contribution is 9.10. The average molecular weight is 536 g/mol. The van der Waals surface area contributed by atoms with E-state index in [1.54, 1.807) is 24.3 Å². The van der Waals surface area contributed by atoms with Gasteiger partial charge in [0.1, 0.15) is 6.54 Å². The van der Waals surface area contributed by atoms with Gasteiger partial charge in [0, 0.05) is 15.6 Å². The van der Waals surface area contributed by atoms with Crippen LogP contribution in [0.25, 0.3) is 0 Å². The van der Waals surface area contributed by atoms with E-state index in [1.807, 2.05) is 12.2 Å². The predicted molar refractivity (Wildman–Crippen MR) is 123 cm³/mol. The Labute approximate surface area is 202 Å². The molecule has 1 aliphatic carbocycles. The van der Waals surface area contributed by atoms with Crippen molar-refractivity contribution in [2.45, 2.75) is 12.8 Å². The molecule has 2 aromatic rings. The van der Waals surface area contributed by atoms with Crippen molar-refractivity contribution >= 4 is 62.6 Å². The Morgan fingerprint density at radius 3 is 2.03 bits per heavy atom. The second-order valence-electron chi connectivity index (χ2n) is 7.57. The molecular formula is C23H17BrCl2N2O4. The number of hydrazine groups is 1. The second-order valence-corrected chi connectivity index (χ2v) is 9.30. The minimum absolute atomic E-state index is 0.108. The fourth-order valence-corrected chi connectivity index (χ4v) is 4.46. The maximum absolute atomic E-state index is 13.4. The van der Waals surface area contributed by atoms with E-state index in [9.17, 15) is 19.2 Å². The molecule has 2 aromatic carbocycles. The van der Waals surface area contributed by atoms with Crippen LogP contribution in [-0.4, -0.2) is 40.1 Å². The molecule has 2 aliphatic rings. The third kappa shape index (κ3) is 4.25. The molecule has 0 spiro atoms. The maximum Gasteiger partial charge on any atom is 0.273 e. The summed E-state index contributed by atoms with van der Waals surface area (Å²) in [6.07, 6.45) is 4.55. The molecule has 2 atom stereocenters. The topological polar surface area (TPSA) is 74.8 Å². The summed E-state index contributed by atoms with van der Waals surface area (Å²) in [6.45, 7) is -0.481. The molecule has 0 radical (unpaired) electrons. The first-order valence-corrected chi connectivity index (χ1v) is 11.4. The molecule has 9 heteroatoms. The number of carbonyl (C=O) groups excluding carboxylic acids is 4. The highest BCUT2D eigenvalue weighted by Crippen LogP contribution is 2.36. The SMILES string of the molecule is O=C(CN(C(=O)c1ccc(Cl)c(Cl)c1)N1C(=O)[C@H]2CC=CC[C@H]2C1=O)c1ccc(Br)cc1. The van der Waals surface area contributed by atoms with E-state index in [2.05, 4.69) is 15.9 Å². The highest BCUT2D eigenvalue weighted by Gasteiger charge is 2.51. The Kier molecular flexibility index (Phi) is 6.51. The van der Waals surface area contributed by atoms with Crippen LogP contribution in [0.5, 0.6) is 0 Å². The zero-order chi connectivity index (χ0) is 23.0. The minimum Gasteiger partial charge on any atom is -0.292 e. The van der Waals surface area contributed by atoms with Crippen molar-refractivity contribution in [1.82, 2.24) is 10.0 Å². The molecule has 0 aromatic heterocycles. The molecule has 0 unspecified atom stereocenters. The summed E-state index contributed by atoms with van der Waals surface area (Å²) >= 11 is 15.3. The largest absolute Gasteiger partial charge is 0.292 e. The van der Waals surface area contributed by atoms with Crippen LogP contribution < -0.4 is 0 Å². The number of fused-ring (bicyclic) bond motifs is 1. The number of hydrogen-bond donors (Lipinski definition) is 0. The Bertz CT molecular complexity index is 1120. The number of nitrogens with zero attached hydrogens (tertiary/aromatic N) is 2. The van der Waals surface area contributed by atoms with Gasteiger partial charge < -0.3 is 0 Å². The van der Waals surface area contributed by atoms with Gasteiger partial charge in [0.2, 0.25) is 0 Å². The molecule has 0 saturated carbocycles. The summed E-state index contributed by atoms with van der Waals surface area (Å²) in [5, 5.41) is 2.16. The molecule has 4 rings (SSSR count). The van der Waals surface area contributed by atoms with Gasteiger partial charge in [-0.3, -0.25) is 19.2 Å². The number of allylic oxidation sites excluding steroid dienone is 2. The van der Waals surface area contributed by atoms with Crippen molar-refractivity contribution in [3.8, 4) is 0 Å². The third-order valence-corrected chi connectivity index (χ3v) is 6.85. The van der Waals surface area contributed by atoms with Crippen LogP contribution in [-0.2, 0) is 9.59 Å². The van der Waals surface area contributed by atoms with Gasteiger partial charge in [0.05, 0.1) is 21.9 Å². The van der Waals surface area contributed by atoms with Crippen LogP contribution in [0.1, 0.15) is 33.6 Å². The molecule has 164 valence electrons. The number of halogens is 3. The van der Waals surface area contributed by atoms with Crippen LogP contribution in [0, 0.1) is 11.8 Å². The zero-order valence-electron chi connectivity index (χ0n) is 16.6. The number of amides is 3. The lowest BCUT2D eigenvalue weighted by Gasteiger charge is -2.30. The fraction of sp³-hybridized carbons (Fsp3) is 0.217. The second kappa shape index (κ2) is 9.17. The van der Waals surface area contributed by atoms with E-state index in [0.29, 0.717) is 18.4 Å². The molecule has 1 saturated heterocycles. The molecule has 0 bridgehead atoms. The lowest BCUT2D eigenvalue weighted by Crippen LogP contribution is -2.52. The van der Waals surface area contributed by atoms with Gasteiger partial charge in [-0.2, -0.15) is 5.01 Å². The highest BCUT2D eigenvalue weighted by atomic mass is 79.9. The van der Waals surface area contributed by atoms with Gasteiger partial charge in [0.25, 0.3) is 17.7 Å². The van der Waals surface area contributed by atoms with Crippen molar-refractivity contribution in [3.05, 3.63) is 80.3 Å². The van der Waals surface area contributed by atoms with E-state index in [1.165, 1.54) is 18.2 Å². The van der Waals surface area contributed by atoms with E-state index in [4.69, 9.17) is 23.2 Å². The van der Waals surface area contributed by atoms with Crippen LogP contribution in [0.2, 0.25) is 10.0 Å². The molecular weight excluding hydrogens is 519 g/mol. The molecule has 32 heavy (non-hydrogen) atoms. The number of rotatable bonds is 5. The van der Waals surface area contributed by atoms with Crippen molar-refractivity contribution in [2.75, 3.05) is 6.54 Å². The monoisotopic (exact) mass is 534 g/mol. The lowest BCUT2D eigenvalue weighted by molar-refractivity contribution is -0.154. The number of Topliss-reactive ketones (excluding diaryl/α,β-unsaturated/α-hetero) is 1.